The molecule has 0 saturated carbocycles. The second-order valence-electron chi connectivity index (χ2n) is 7.47. The average molecular weight is 436 g/mol. The molecule has 13 nitrogen and oxygen atoms in total. The predicted molar refractivity (Wildman–Crippen MR) is 105 cm³/mol. The minimum Gasteiger partial charge on any atom is -0.493 e. The van der Waals surface area contributed by atoms with E-state index >= 15 is 0 Å². The number of aliphatic hydroxyl groups excluding tert-OH is 1. The Bertz CT molecular complexity index is 940. The minimum atomic E-state index is -2.71. The molecule has 1 spiro atoms. The van der Waals surface area contributed by atoms with Gasteiger partial charge in [-0.05, 0) is 18.2 Å². The van der Waals surface area contributed by atoms with Gasteiger partial charge >= 0.3 is 5.97 Å². The lowest BCUT2D eigenvalue weighted by atomic mass is 9.85. The first kappa shape index (κ1) is 21.0. The second-order valence-corrected chi connectivity index (χ2v) is 7.47. The van der Waals surface area contributed by atoms with Crippen molar-refractivity contribution in [3.8, 4) is 11.5 Å². The van der Waals surface area contributed by atoms with Crippen LogP contribution >= 0.6 is 0 Å². The molecule has 1 aromatic rings. The summed E-state index contributed by atoms with van der Waals surface area (Å²) in [7, 11) is 2.87. The average Bonchev–Trinajstić information content (AvgIpc) is 3.21. The van der Waals surface area contributed by atoms with Gasteiger partial charge in [0, 0.05) is 0 Å². The molecule has 3 saturated heterocycles. The summed E-state index contributed by atoms with van der Waals surface area (Å²) in [5.74, 6) is -3.27. The lowest BCUT2D eigenvalue weighted by Crippen LogP contribution is -2.80. The number of methoxy groups -OCH3 is 2. The number of esters is 1. The van der Waals surface area contributed by atoms with Crippen molar-refractivity contribution in [1.82, 2.24) is 20.9 Å². The van der Waals surface area contributed by atoms with Gasteiger partial charge in [0.1, 0.15) is 0 Å². The third-order valence-electron chi connectivity index (χ3n) is 5.91. The van der Waals surface area contributed by atoms with Crippen LogP contribution in [0.2, 0.25) is 0 Å². The molecule has 1 aromatic carbocycles. The van der Waals surface area contributed by atoms with Crippen molar-refractivity contribution in [3.63, 3.8) is 0 Å². The van der Waals surface area contributed by atoms with Gasteiger partial charge in [-0.25, -0.2) is 4.79 Å². The first-order valence-corrected chi connectivity index (χ1v) is 9.44. The summed E-state index contributed by atoms with van der Waals surface area (Å²) in [5.41, 5.74) is -1.71. The summed E-state index contributed by atoms with van der Waals surface area (Å²) in [5, 5.41) is 56.3. The Morgan fingerprint density at radius 3 is 2.58 bits per heavy atom. The van der Waals surface area contributed by atoms with Gasteiger partial charge in [-0.3, -0.25) is 10.8 Å². The molecule has 4 rings (SSSR count). The summed E-state index contributed by atoms with van der Waals surface area (Å²) >= 11 is 0. The number of benzene rings is 1. The molecule has 0 radical (unpaired) electrons. The van der Waals surface area contributed by atoms with Crippen molar-refractivity contribution in [2.45, 2.75) is 29.6 Å². The minimum absolute atomic E-state index is 0.0963. The summed E-state index contributed by atoms with van der Waals surface area (Å²) in [4.78, 5) is 14.0. The van der Waals surface area contributed by atoms with Gasteiger partial charge in [0.15, 0.2) is 35.2 Å². The molecule has 168 valence electrons. The summed E-state index contributed by atoms with van der Waals surface area (Å²) in [6.07, 6.45) is -1.48. The Morgan fingerprint density at radius 2 is 1.94 bits per heavy atom. The maximum absolute atomic E-state index is 12.8. The monoisotopic (exact) mass is 436 g/mol. The van der Waals surface area contributed by atoms with Crippen LogP contribution in [-0.4, -0.2) is 95.1 Å². The predicted octanol–water partition coefficient (Wildman–Crippen LogP) is -2.68. The Labute approximate surface area is 176 Å². The van der Waals surface area contributed by atoms with Crippen molar-refractivity contribution in [2.24, 2.45) is 0 Å². The summed E-state index contributed by atoms with van der Waals surface area (Å²) in [6.45, 7) is -0.675. The highest BCUT2D eigenvalue weighted by molar-refractivity contribution is 5.91. The number of guanidine groups is 2. The van der Waals surface area contributed by atoms with Crippen molar-refractivity contribution < 1.29 is 34.3 Å². The van der Waals surface area contributed by atoms with Crippen LogP contribution in [-0.2, 0) is 4.74 Å². The molecule has 3 fully saturated rings. The number of carbonyl (C=O) groups is 1. The highest BCUT2D eigenvalue weighted by atomic mass is 16.6. The van der Waals surface area contributed by atoms with Crippen molar-refractivity contribution in [3.05, 3.63) is 23.8 Å². The molecule has 0 aromatic heterocycles. The topological polar surface area (TPSA) is 192 Å². The molecule has 0 amide bonds. The maximum Gasteiger partial charge on any atom is 0.338 e. The van der Waals surface area contributed by atoms with Crippen LogP contribution in [0, 0.1) is 10.8 Å². The first-order valence-electron chi connectivity index (χ1n) is 9.44. The van der Waals surface area contributed by atoms with E-state index in [1.54, 1.807) is 0 Å². The lowest BCUT2D eigenvalue weighted by molar-refractivity contribution is -0.258. The van der Waals surface area contributed by atoms with Crippen LogP contribution in [0.1, 0.15) is 10.4 Å². The number of hydrogen-bond acceptors (Lipinski definition) is 9. The highest BCUT2D eigenvalue weighted by Crippen LogP contribution is 2.44. The molecule has 8 N–H and O–H groups in total. The SMILES string of the molecule is COc1ccc(C(=O)O[C@H]2CN3C(=N)N[C@@H](CO)[C@@H]4NC(=N)N[C@@]43C2(O)O)cc1OC. The van der Waals surface area contributed by atoms with Crippen LogP contribution in [0.15, 0.2) is 18.2 Å². The molecule has 4 atom stereocenters. The standard InChI is InChI=1S/C18H24N6O7/c1-29-10-4-3-8(5-11(10)30-2)14(26)31-12-6-24-16(20)21-9(7-25)13-17(24,18(12,27)28)23-15(19)22-13/h3-5,9,12-13,25,27-28H,6-7H2,1-2H3,(H2,20,21)(H3,19,22,23)/t9-,12-,13-,17-/m0/s1. The number of aliphatic hydroxyl groups is 3. The van der Waals surface area contributed by atoms with Gasteiger partial charge in [0.2, 0.25) is 5.79 Å². The van der Waals surface area contributed by atoms with E-state index in [2.05, 4.69) is 16.0 Å². The normalized spacial score (nSPS) is 30.5. The number of rotatable bonds is 5. The quantitative estimate of drug-likeness (QED) is 0.177. The molecule has 3 aliphatic heterocycles. The fourth-order valence-corrected chi connectivity index (χ4v) is 4.43. The van der Waals surface area contributed by atoms with Crippen LogP contribution in [0.25, 0.3) is 0 Å². The molecule has 3 heterocycles. The highest BCUT2D eigenvalue weighted by Gasteiger charge is 2.75. The van der Waals surface area contributed by atoms with E-state index in [0.29, 0.717) is 11.5 Å². The van der Waals surface area contributed by atoms with Crippen molar-refractivity contribution >= 4 is 17.9 Å². The van der Waals surface area contributed by atoms with Gasteiger partial charge < -0.3 is 50.4 Å². The van der Waals surface area contributed by atoms with Crippen LogP contribution in [0.4, 0.5) is 0 Å². The van der Waals surface area contributed by atoms with E-state index in [9.17, 15) is 20.1 Å². The Balaban J connectivity index is 1.65. The number of carbonyl (C=O) groups excluding carboxylic acids is 1. The summed E-state index contributed by atoms with van der Waals surface area (Å²) in [6, 6.07) is 2.66. The molecule has 0 aliphatic carbocycles. The molecule has 0 unspecified atom stereocenters. The second kappa shape index (κ2) is 7.14. The van der Waals surface area contributed by atoms with Crippen molar-refractivity contribution in [2.75, 3.05) is 27.4 Å². The van der Waals surface area contributed by atoms with Crippen LogP contribution in [0.5, 0.6) is 11.5 Å². The smallest absolute Gasteiger partial charge is 0.338 e. The Hall–Kier alpha value is -3.29. The van der Waals surface area contributed by atoms with E-state index in [1.165, 1.54) is 37.3 Å². The fraction of sp³-hybridized carbons (Fsp3) is 0.500. The largest absolute Gasteiger partial charge is 0.493 e. The number of ether oxygens (including phenoxy) is 3. The maximum atomic E-state index is 12.8. The van der Waals surface area contributed by atoms with E-state index in [1.807, 2.05) is 0 Å². The van der Waals surface area contributed by atoms with Gasteiger partial charge in [-0.15, -0.1) is 0 Å². The molecular weight excluding hydrogens is 412 g/mol. The lowest BCUT2D eigenvalue weighted by Gasteiger charge is -2.50. The van der Waals surface area contributed by atoms with Gasteiger partial charge in [0.25, 0.3) is 0 Å². The zero-order valence-corrected chi connectivity index (χ0v) is 16.8. The molecule has 31 heavy (non-hydrogen) atoms. The zero-order valence-electron chi connectivity index (χ0n) is 16.8. The van der Waals surface area contributed by atoms with Gasteiger partial charge in [-0.2, -0.15) is 0 Å². The number of nitrogens with zero attached hydrogens (tertiary/aromatic N) is 1. The van der Waals surface area contributed by atoms with Gasteiger partial charge in [0.05, 0.1) is 45.0 Å². The third kappa shape index (κ3) is 2.85. The van der Waals surface area contributed by atoms with E-state index in [0.717, 1.165) is 0 Å². The molecule has 13 heteroatoms. The van der Waals surface area contributed by atoms with Crippen molar-refractivity contribution in [1.29, 1.82) is 10.8 Å². The third-order valence-corrected chi connectivity index (χ3v) is 5.91. The van der Waals surface area contributed by atoms with Gasteiger partial charge in [-0.1, -0.05) is 0 Å². The first-order chi connectivity index (χ1) is 14.7. The number of hydrogen-bond donors (Lipinski definition) is 8. The Kier molecular flexibility index (Phi) is 4.83. The Morgan fingerprint density at radius 1 is 1.23 bits per heavy atom. The zero-order chi connectivity index (χ0) is 22.6. The molecule has 0 bridgehead atoms. The van der Waals surface area contributed by atoms with Crippen LogP contribution in [0.3, 0.4) is 0 Å². The fourth-order valence-electron chi connectivity index (χ4n) is 4.43. The molecular formula is C18H24N6O7. The van der Waals surface area contributed by atoms with E-state index in [4.69, 9.17) is 25.0 Å². The van der Waals surface area contributed by atoms with Crippen LogP contribution < -0.4 is 25.4 Å². The van der Waals surface area contributed by atoms with E-state index < -0.39 is 42.2 Å². The van der Waals surface area contributed by atoms with E-state index in [-0.39, 0.29) is 24.0 Å². The number of nitrogens with one attached hydrogen (secondary N) is 5. The summed E-state index contributed by atoms with van der Waals surface area (Å²) < 4.78 is 15.8. The molecule has 3 aliphatic rings.